The van der Waals surface area contributed by atoms with Gasteiger partial charge < -0.3 is 0 Å². The van der Waals surface area contributed by atoms with Crippen molar-refractivity contribution >= 4 is 46.2 Å². The van der Waals surface area contributed by atoms with E-state index in [1.807, 2.05) is 30.3 Å². The van der Waals surface area contributed by atoms with E-state index in [4.69, 9.17) is 4.74 Å². The van der Waals surface area contributed by atoms with Crippen LogP contribution < -0.4 is 4.46 Å². The van der Waals surface area contributed by atoms with Gasteiger partial charge in [0.2, 0.25) is 0 Å². The second-order valence-corrected chi connectivity index (χ2v) is 11.6. The minimum atomic E-state index is -2.42. The molecule has 2 amide bonds. The van der Waals surface area contributed by atoms with Crippen molar-refractivity contribution in [3.8, 4) is 0 Å². The summed E-state index contributed by atoms with van der Waals surface area (Å²) in [6, 6.07) is 8.94. The predicted molar refractivity (Wildman–Crippen MR) is 94.0 cm³/mol. The van der Waals surface area contributed by atoms with Crippen molar-refractivity contribution in [1.82, 2.24) is 4.90 Å². The van der Waals surface area contributed by atoms with Crippen LogP contribution in [0.3, 0.4) is 0 Å². The molecule has 3 rings (SSSR count). The van der Waals surface area contributed by atoms with Gasteiger partial charge >= 0.3 is 154 Å². The first kappa shape index (κ1) is 17.8. The molecule has 1 heterocycles. The SMILES string of the molecule is CC(C)(C)OC(=O)N1C(=O)[C@H]2C[C@@H]1C([Se](=O)c1ccccc1)C2Br. The molecule has 7 heteroatoms. The van der Waals surface area contributed by atoms with Crippen LogP contribution in [0.2, 0.25) is 4.82 Å². The predicted octanol–water partition coefficient (Wildman–Crippen LogP) is 2.62. The number of likely N-dealkylation sites (tertiary alicyclic amines) is 1. The van der Waals surface area contributed by atoms with Crippen LogP contribution in [-0.2, 0) is 13.4 Å². The number of amides is 2. The van der Waals surface area contributed by atoms with Crippen molar-refractivity contribution in [1.29, 1.82) is 0 Å². The molecule has 1 saturated heterocycles. The molecule has 5 atom stereocenters. The second-order valence-electron chi connectivity index (χ2n) is 7.12. The van der Waals surface area contributed by atoms with Crippen LogP contribution in [0, 0.1) is 5.92 Å². The Kier molecular flexibility index (Phi) is 4.71. The Balaban J connectivity index is 1.87. The molecular weight excluding hydrogens is 441 g/mol. The zero-order chi connectivity index (χ0) is 17.6. The van der Waals surface area contributed by atoms with Crippen LogP contribution in [0.1, 0.15) is 27.2 Å². The van der Waals surface area contributed by atoms with Gasteiger partial charge in [0, 0.05) is 0 Å². The van der Waals surface area contributed by atoms with E-state index < -0.39 is 25.5 Å². The first-order chi connectivity index (χ1) is 11.2. The maximum atomic E-state index is 13.1. The standard InChI is InChI=1S/C17H20BrNO4Se/c1-17(2,3)23-16(21)19-12-9-11(15(19)20)13(18)14(12)24(22)10-7-5-4-6-8-10/h4-8,11-14H,9H2,1-3H3/t11-,12+,13?,14?,24?/m0/s1. The van der Waals surface area contributed by atoms with E-state index >= 15 is 0 Å². The fraction of sp³-hybridized carbons (Fsp3) is 0.529. The number of nitrogens with zero attached hydrogens (tertiary/aromatic N) is 1. The number of alkyl halides is 1. The van der Waals surface area contributed by atoms with Gasteiger partial charge in [0.1, 0.15) is 0 Å². The molecule has 2 fully saturated rings. The van der Waals surface area contributed by atoms with E-state index in [0.717, 1.165) is 4.46 Å². The van der Waals surface area contributed by atoms with Gasteiger partial charge in [0.15, 0.2) is 0 Å². The number of piperidine rings is 1. The number of hydrogen-bond acceptors (Lipinski definition) is 4. The average Bonchev–Trinajstić information content (AvgIpc) is 3.00. The average molecular weight is 461 g/mol. The van der Waals surface area contributed by atoms with Gasteiger partial charge in [-0.15, -0.1) is 0 Å². The first-order valence-corrected chi connectivity index (χ1v) is 11.3. The van der Waals surface area contributed by atoms with Crippen molar-refractivity contribution < 1.29 is 18.2 Å². The number of ether oxygens (including phenoxy) is 1. The summed E-state index contributed by atoms with van der Waals surface area (Å²) in [6.07, 6.45) is -0.0791. The molecule has 1 aliphatic heterocycles. The van der Waals surface area contributed by atoms with E-state index in [0.29, 0.717) is 6.42 Å². The molecular formula is C17H20BrNO4Se. The molecule has 24 heavy (non-hydrogen) atoms. The fourth-order valence-corrected chi connectivity index (χ4v) is 8.65. The molecule has 0 N–H and O–H groups in total. The van der Waals surface area contributed by atoms with Crippen LogP contribution in [0.25, 0.3) is 0 Å². The molecule has 1 aromatic rings. The third kappa shape index (κ3) is 3.09. The molecule has 0 aromatic heterocycles. The molecule has 2 aliphatic rings. The molecule has 1 aliphatic carbocycles. The molecule has 2 bridgehead atoms. The number of benzene rings is 1. The Labute approximate surface area is 153 Å². The number of halogens is 1. The van der Waals surface area contributed by atoms with Crippen molar-refractivity contribution in [2.24, 2.45) is 5.92 Å². The summed E-state index contributed by atoms with van der Waals surface area (Å²) in [5.74, 6) is -0.532. The summed E-state index contributed by atoms with van der Waals surface area (Å²) in [5, 5.41) is 0. The fourth-order valence-electron chi connectivity index (χ4n) is 3.31. The molecule has 0 spiro atoms. The van der Waals surface area contributed by atoms with Gasteiger partial charge in [0.25, 0.3) is 0 Å². The van der Waals surface area contributed by atoms with Crippen LogP contribution in [0.4, 0.5) is 4.79 Å². The van der Waals surface area contributed by atoms with Crippen molar-refractivity contribution in [2.75, 3.05) is 0 Å². The molecule has 1 aromatic carbocycles. The number of carbonyl (C=O) groups is 2. The van der Waals surface area contributed by atoms with Crippen molar-refractivity contribution in [2.45, 2.75) is 48.5 Å². The third-order valence-corrected chi connectivity index (χ3v) is 10.1. The number of hydrogen-bond donors (Lipinski definition) is 0. The quantitative estimate of drug-likeness (QED) is 0.502. The van der Waals surface area contributed by atoms with E-state index in [9.17, 15) is 13.4 Å². The maximum absolute atomic E-state index is 13.1. The van der Waals surface area contributed by atoms with Crippen LogP contribution >= 0.6 is 15.9 Å². The van der Waals surface area contributed by atoms with E-state index in [1.165, 1.54) is 4.90 Å². The van der Waals surface area contributed by atoms with Gasteiger partial charge in [-0.1, -0.05) is 0 Å². The molecule has 3 unspecified atom stereocenters. The number of fused-ring (bicyclic) bond motifs is 2. The van der Waals surface area contributed by atoms with Gasteiger partial charge in [-0.3, -0.25) is 0 Å². The van der Waals surface area contributed by atoms with Crippen LogP contribution in [-0.4, -0.2) is 47.2 Å². The number of rotatable bonds is 2. The Morgan fingerprint density at radius 2 is 1.92 bits per heavy atom. The van der Waals surface area contributed by atoms with Crippen LogP contribution in [0.15, 0.2) is 30.3 Å². The first-order valence-electron chi connectivity index (χ1n) is 7.86. The molecule has 130 valence electrons. The Morgan fingerprint density at radius 1 is 1.29 bits per heavy atom. The van der Waals surface area contributed by atoms with E-state index in [1.54, 1.807) is 20.8 Å². The zero-order valence-electron chi connectivity index (χ0n) is 13.8. The van der Waals surface area contributed by atoms with E-state index in [2.05, 4.69) is 15.9 Å². The molecule has 5 nitrogen and oxygen atoms in total. The summed E-state index contributed by atoms with van der Waals surface area (Å²) >= 11 is 1.15. The summed E-state index contributed by atoms with van der Waals surface area (Å²) in [4.78, 5) is 25.8. The zero-order valence-corrected chi connectivity index (χ0v) is 17.1. The molecule has 0 radical (unpaired) electrons. The summed E-state index contributed by atoms with van der Waals surface area (Å²) in [6.45, 7) is 5.30. The second kappa shape index (κ2) is 6.36. The van der Waals surface area contributed by atoms with Gasteiger partial charge in [-0.2, -0.15) is 0 Å². The Morgan fingerprint density at radius 3 is 2.46 bits per heavy atom. The normalized spacial score (nSPS) is 30.5. The van der Waals surface area contributed by atoms with Gasteiger partial charge in [0.05, 0.1) is 0 Å². The molecule has 1 saturated carbocycles. The van der Waals surface area contributed by atoms with Crippen molar-refractivity contribution in [3.63, 3.8) is 0 Å². The minimum absolute atomic E-state index is 0.156. The number of imide groups is 1. The topological polar surface area (TPSA) is 63.7 Å². The third-order valence-electron chi connectivity index (χ3n) is 4.27. The Bertz CT molecular complexity index is 688. The van der Waals surface area contributed by atoms with Gasteiger partial charge in [-0.05, 0) is 0 Å². The summed E-state index contributed by atoms with van der Waals surface area (Å²) in [5.41, 5.74) is -0.672. The van der Waals surface area contributed by atoms with Gasteiger partial charge in [-0.25, -0.2) is 0 Å². The van der Waals surface area contributed by atoms with E-state index in [-0.39, 0.29) is 27.5 Å². The number of carbonyl (C=O) groups excluding carboxylic acids is 2. The van der Waals surface area contributed by atoms with Crippen molar-refractivity contribution in [3.05, 3.63) is 30.3 Å². The Hall–Kier alpha value is -1.04. The summed E-state index contributed by atoms with van der Waals surface area (Å²) in [7, 11) is 0. The van der Waals surface area contributed by atoms with Crippen LogP contribution in [0.5, 0.6) is 0 Å². The monoisotopic (exact) mass is 461 g/mol. The summed E-state index contributed by atoms with van der Waals surface area (Å²) < 4.78 is 19.3.